The van der Waals surface area contributed by atoms with E-state index in [2.05, 4.69) is 58.8 Å². The Morgan fingerprint density at radius 1 is 0.507 bits per heavy atom. The van der Waals surface area contributed by atoms with E-state index in [4.69, 9.17) is 29.4 Å². The number of nitrogens with zero attached hydrogens (tertiary/aromatic N) is 1. The Bertz CT molecular complexity index is 1500. The lowest BCUT2D eigenvalue weighted by Crippen LogP contribution is -2.33. The molecule has 0 radical (unpaired) electrons. The number of halogens is 1. The molecular weight excluding hydrogens is 1040 g/mol. The predicted molar refractivity (Wildman–Crippen MR) is 292 cm³/mol. The molecule has 0 fully saturated rings. The maximum absolute atomic E-state index is 12.7. The second-order valence-corrected chi connectivity index (χ2v) is 21.1. The fourth-order valence-electron chi connectivity index (χ4n) is 7.29. The number of unbranched alkanes of at least 4 members (excludes halogenated alkanes) is 23. The Labute approximate surface area is 443 Å². The first-order valence-corrected chi connectivity index (χ1v) is 30.0. The van der Waals surface area contributed by atoms with Gasteiger partial charge in [0.05, 0.1) is 16.9 Å². The van der Waals surface area contributed by atoms with Gasteiger partial charge in [-0.05, 0) is 96.3 Å². The first kappa shape index (κ1) is 67.8. The van der Waals surface area contributed by atoms with Crippen LogP contribution in [0, 0.1) is 0 Å². The lowest BCUT2D eigenvalue weighted by molar-refractivity contribution is -0.174. The average Bonchev–Trinajstić information content (AvgIpc) is 3.36. The van der Waals surface area contributed by atoms with E-state index in [1.165, 1.54) is 77.0 Å². The molecule has 3 N–H and O–H groups in total. The number of allylic oxidation sites excluding steroid dienone is 4. The van der Waals surface area contributed by atoms with Crippen LogP contribution in [0.2, 0.25) is 0 Å². The molecule has 1 amide bonds. The van der Waals surface area contributed by atoms with E-state index in [9.17, 15) is 33.6 Å². The number of rotatable bonds is 50. The second kappa shape index (κ2) is 51.7. The number of ketones is 1. The average molecular weight is 1140 g/mol. The fraction of sp³-hybridized carbons (Fsp3) is 0.796. The van der Waals surface area contributed by atoms with E-state index in [0.29, 0.717) is 43.1 Å². The number of carbonyl (C=O) groups excluding carboxylic acids is 7. The molecule has 0 bridgehead atoms. The first-order valence-electron chi connectivity index (χ1n) is 27.1. The number of thiol groups is 1. The maximum atomic E-state index is 12.7. The molecule has 17 heteroatoms. The summed E-state index contributed by atoms with van der Waals surface area (Å²) in [6, 6.07) is -0.571. The van der Waals surface area contributed by atoms with Crippen molar-refractivity contribution in [2.45, 2.75) is 238 Å². The zero-order valence-electron chi connectivity index (χ0n) is 43.8. The van der Waals surface area contributed by atoms with Crippen molar-refractivity contribution in [3.8, 4) is 0 Å². The van der Waals surface area contributed by atoms with Crippen molar-refractivity contribution in [2.24, 2.45) is 8.28 Å². The zero-order chi connectivity index (χ0) is 52.3. The lowest BCUT2D eigenvalue weighted by atomic mass is 10.1. The molecule has 0 aromatic rings. The zero-order valence-corrected chi connectivity index (χ0v) is 46.8. The van der Waals surface area contributed by atoms with Crippen molar-refractivity contribution in [1.82, 2.24) is 5.32 Å². The number of nitrogens with one attached hydrogen (secondary N) is 1. The van der Waals surface area contributed by atoms with Gasteiger partial charge < -0.3 is 34.7 Å². The number of carbonyl (C=O) groups is 7. The number of Topliss-reactive ketones (excluding diaryl/α,β-unsaturated/α-hetero) is 1. The quantitative estimate of drug-likeness (QED) is 0.00984. The Balaban J connectivity index is 4.68. The van der Waals surface area contributed by atoms with Crippen LogP contribution < -0.4 is 11.1 Å². The Morgan fingerprint density at radius 2 is 0.930 bits per heavy atom. The monoisotopic (exact) mass is 1140 g/mol. The van der Waals surface area contributed by atoms with Crippen molar-refractivity contribution in [3.05, 3.63) is 24.3 Å². The van der Waals surface area contributed by atoms with Crippen molar-refractivity contribution in [2.75, 3.05) is 37.4 Å². The molecule has 0 aliphatic rings. The van der Waals surface area contributed by atoms with Crippen LogP contribution in [0.1, 0.15) is 226 Å². The van der Waals surface area contributed by atoms with Crippen LogP contribution in [-0.2, 0) is 57.2 Å². The normalized spacial score (nSPS) is 12.4. The summed E-state index contributed by atoms with van der Waals surface area (Å²) in [7, 11) is 0. The van der Waals surface area contributed by atoms with Gasteiger partial charge in [0, 0.05) is 46.8 Å². The molecular formula is C54H94IN3O12S. The van der Waals surface area contributed by atoms with Crippen LogP contribution in [0.5, 0.6) is 0 Å². The number of amides is 1. The number of ether oxygens (including phenoxy) is 5. The summed E-state index contributed by atoms with van der Waals surface area (Å²) in [5, 5.41) is 2.71. The van der Waals surface area contributed by atoms with Gasteiger partial charge in [-0.3, -0.25) is 24.0 Å². The largest absolute Gasteiger partial charge is 0.462 e. The van der Waals surface area contributed by atoms with Crippen LogP contribution in [0.15, 0.2) is 26.9 Å². The standard InChI is InChI=1S/C54H94IN3O12S/c1-3-5-7-9-11-13-15-17-19-21-23-25-27-29-31-36-50(61)68-44-53(64)67-43-46(42-66-52(63)39-38-49(60)57-40-34-33-35-47(56)48(59)41-55-58-71)70-54(65)45-69-51(62)37-32-30-28-26-24-22-20-18-16-14-12-10-8-6-4-2/h17-20,46-47,71H,3-16,21-45,56H2,1-2H3,(H,57,60)/b19-17+,20-18+. The molecule has 0 rings (SSSR count). The summed E-state index contributed by atoms with van der Waals surface area (Å²) >= 11 is 3.15. The third-order valence-electron chi connectivity index (χ3n) is 11.6. The van der Waals surface area contributed by atoms with E-state index in [0.717, 1.165) is 77.0 Å². The van der Waals surface area contributed by atoms with Crippen LogP contribution in [0.4, 0.5) is 0 Å². The molecule has 2 atom stereocenters. The smallest absolute Gasteiger partial charge is 0.344 e. The van der Waals surface area contributed by atoms with Gasteiger partial charge in [0.25, 0.3) is 0 Å². The molecule has 0 spiro atoms. The minimum Gasteiger partial charge on any atom is -0.462 e. The third-order valence-corrected chi connectivity index (χ3v) is 13.7. The van der Waals surface area contributed by atoms with E-state index in [1.807, 2.05) is 0 Å². The van der Waals surface area contributed by atoms with Crippen molar-refractivity contribution >= 4 is 75.4 Å². The van der Waals surface area contributed by atoms with Gasteiger partial charge >= 0.3 is 29.8 Å². The minimum absolute atomic E-state index is 0.0453. The second-order valence-electron chi connectivity index (χ2n) is 18.2. The van der Waals surface area contributed by atoms with Gasteiger partial charge in [-0.15, -0.1) is 0 Å². The summed E-state index contributed by atoms with van der Waals surface area (Å²) in [6.07, 6.45) is 38.9. The predicted octanol–water partition coefficient (Wildman–Crippen LogP) is 12.1. The lowest BCUT2D eigenvalue weighted by Gasteiger charge is -2.18. The van der Waals surface area contributed by atoms with E-state index in [-0.39, 0.29) is 37.4 Å². The highest BCUT2D eigenvalue weighted by atomic mass is 127. The summed E-state index contributed by atoms with van der Waals surface area (Å²) in [5.41, 5.74) is 5.92. The highest BCUT2D eigenvalue weighted by molar-refractivity contribution is 14.2. The Kier molecular flexibility index (Phi) is 49.4. The fourth-order valence-corrected chi connectivity index (χ4v) is 8.70. The highest BCUT2D eigenvalue weighted by Crippen LogP contribution is 2.13. The Hall–Kier alpha value is -3.19. The molecule has 0 saturated heterocycles. The molecule has 0 heterocycles. The minimum atomic E-state index is -1.27. The molecule has 0 aliphatic carbocycles. The molecule has 71 heavy (non-hydrogen) atoms. The van der Waals surface area contributed by atoms with E-state index >= 15 is 0 Å². The summed E-state index contributed by atoms with van der Waals surface area (Å²) in [4.78, 5) is 86.7. The number of nitrogens with two attached hydrogens (primary N) is 1. The maximum Gasteiger partial charge on any atom is 0.344 e. The van der Waals surface area contributed by atoms with Gasteiger partial charge in [-0.2, -0.15) is 2.55 Å². The third kappa shape index (κ3) is 48.8. The van der Waals surface area contributed by atoms with Crippen LogP contribution in [-0.4, -0.2) is 91.1 Å². The van der Waals surface area contributed by atoms with Crippen LogP contribution >= 0.6 is 33.8 Å². The van der Waals surface area contributed by atoms with Crippen molar-refractivity contribution < 1.29 is 57.2 Å². The molecule has 0 aromatic heterocycles. The van der Waals surface area contributed by atoms with Gasteiger partial charge in [-0.25, -0.2) is 9.59 Å². The van der Waals surface area contributed by atoms with Crippen molar-refractivity contribution in [1.29, 1.82) is 0 Å². The summed E-state index contributed by atoms with van der Waals surface area (Å²) in [5.74, 6) is -4.09. The number of alkyl halides is 1. The van der Waals surface area contributed by atoms with Crippen molar-refractivity contribution in [3.63, 3.8) is 0 Å². The van der Waals surface area contributed by atoms with Crippen LogP contribution in [0.25, 0.3) is 0 Å². The topological polar surface area (TPSA) is 216 Å². The van der Waals surface area contributed by atoms with Gasteiger partial charge in [0.1, 0.15) is 13.2 Å². The highest BCUT2D eigenvalue weighted by Gasteiger charge is 2.22. The molecule has 410 valence electrons. The number of hydrogen-bond donors (Lipinski definition) is 3. The molecule has 0 aliphatic heterocycles. The summed E-state index contributed by atoms with van der Waals surface area (Å²) < 4.78 is 30.0. The van der Waals surface area contributed by atoms with Gasteiger partial charge in [0.15, 0.2) is 25.1 Å². The van der Waals surface area contributed by atoms with E-state index < -0.39 is 89.5 Å². The molecule has 15 nitrogen and oxygen atoms in total. The number of hydrogen-bond acceptors (Lipinski definition) is 15. The summed E-state index contributed by atoms with van der Waals surface area (Å²) in [6.45, 7) is 2.42. The van der Waals surface area contributed by atoms with Crippen LogP contribution in [0.3, 0.4) is 0 Å². The first-order chi connectivity index (χ1) is 34.5. The molecule has 0 aromatic carbocycles. The Morgan fingerprint density at radius 3 is 1.41 bits per heavy atom. The number of esters is 5. The molecule has 2 unspecified atom stereocenters. The van der Waals surface area contributed by atoms with E-state index in [1.54, 1.807) is 0 Å². The molecule has 0 saturated carbocycles. The van der Waals surface area contributed by atoms with Gasteiger partial charge in [-0.1, -0.05) is 141 Å². The SMILES string of the molecule is CCCCCCCC/C=C/CCCCCCCC(=O)OCC(=O)OCC(COC(=O)CCC(=O)NCCCCC(N)C(=O)CI=NS)OC(=O)COC(=O)CCCCCCC/C=C/CCCCCCCC. The van der Waals surface area contributed by atoms with Gasteiger partial charge in [0.2, 0.25) is 5.91 Å².